The van der Waals surface area contributed by atoms with Crippen molar-refractivity contribution in [3.8, 4) is 0 Å². The Kier molecular flexibility index (Phi) is 6.38. The van der Waals surface area contributed by atoms with Crippen LogP contribution >= 0.6 is 0 Å². The zero-order valence-corrected chi connectivity index (χ0v) is 17.7. The monoisotopic (exact) mass is 391 g/mol. The van der Waals surface area contributed by atoms with E-state index in [-0.39, 0.29) is 23.3 Å². The van der Waals surface area contributed by atoms with E-state index in [1.54, 1.807) is 0 Å². The number of carboxylic acid groups (broad SMARTS) is 1. The van der Waals surface area contributed by atoms with E-state index in [0.717, 1.165) is 25.7 Å². The number of carbonyl (C=O) groups is 1. The molecule has 0 aromatic heterocycles. The molecule has 0 aromatic carbocycles. The van der Waals surface area contributed by atoms with Crippen molar-refractivity contribution in [1.29, 1.82) is 0 Å². The molecule has 3 N–H and O–H groups in total. The minimum absolute atomic E-state index is 0.000974. The Labute approximate surface area is 169 Å². The van der Waals surface area contributed by atoms with Crippen LogP contribution < -0.4 is 0 Å². The van der Waals surface area contributed by atoms with Gasteiger partial charge in [-0.3, -0.25) is 9.69 Å². The molecule has 3 unspecified atom stereocenters. The van der Waals surface area contributed by atoms with Gasteiger partial charge in [0.15, 0.2) is 0 Å². The predicted molar refractivity (Wildman–Crippen MR) is 110 cm³/mol. The normalized spacial score (nSPS) is 36.9. The van der Waals surface area contributed by atoms with Crippen molar-refractivity contribution in [3.05, 3.63) is 23.8 Å². The first-order valence-corrected chi connectivity index (χ1v) is 10.8. The van der Waals surface area contributed by atoms with Crippen LogP contribution in [0.5, 0.6) is 0 Å². The molecule has 0 spiro atoms. The summed E-state index contributed by atoms with van der Waals surface area (Å²) in [7, 11) is 0. The van der Waals surface area contributed by atoms with Crippen LogP contribution in [0.2, 0.25) is 0 Å². The molecule has 0 radical (unpaired) electrons. The van der Waals surface area contributed by atoms with E-state index < -0.39 is 24.2 Å². The van der Waals surface area contributed by atoms with Crippen LogP contribution in [-0.4, -0.2) is 56.5 Å². The fraction of sp³-hybridized carbons (Fsp3) is 0.783. The second-order valence-electron chi connectivity index (χ2n) is 10.0. The van der Waals surface area contributed by atoms with Crippen molar-refractivity contribution in [2.75, 3.05) is 0 Å². The fourth-order valence-electron chi connectivity index (χ4n) is 5.54. The minimum Gasteiger partial charge on any atom is -0.480 e. The standard InChI is InChI=1S/C23H37NO4/c1-14(2)10-11-23(3,4)21(26)9-8-16-17-12-15-6-5-7-18(22(27)28)24(15)19(17)13-20(16)25/h8-10,15-21,25-26H,5-7,11-13H2,1-4H3,(H,27,28)/b9-8+/t15?,16-,17-,18?,19?,20-,21+/m1/s1. The molecule has 1 saturated carbocycles. The van der Waals surface area contributed by atoms with Crippen LogP contribution in [0.25, 0.3) is 0 Å². The summed E-state index contributed by atoms with van der Waals surface area (Å²) in [5.74, 6) is -0.446. The van der Waals surface area contributed by atoms with Crippen LogP contribution in [0, 0.1) is 17.3 Å². The molecular weight excluding hydrogens is 354 g/mol. The van der Waals surface area contributed by atoms with Crippen molar-refractivity contribution in [1.82, 2.24) is 4.90 Å². The zero-order chi connectivity index (χ0) is 20.6. The van der Waals surface area contributed by atoms with Gasteiger partial charge in [-0.1, -0.05) is 37.6 Å². The highest BCUT2D eigenvalue weighted by Gasteiger charge is 2.55. The number of aliphatic hydroxyl groups is 2. The van der Waals surface area contributed by atoms with Gasteiger partial charge in [-0.15, -0.1) is 0 Å². The largest absolute Gasteiger partial charge is 0.480 e. The Hall–Kier alpha value is -1.17. The molecule has 28 heavy (non-hydrogen) atoms. The average molecular weight is 392 g/mol. The highest BCUT2D eigenvalue weighted by molar-refractivity contribution is 5.73. The van der Waals surface area contributed by atoms with Crippen LogP contribution in [0.4, 0.5) is 0 Å². The van der Waals surface area contributed by atoms with Gasteiger partial charge in [-0.05, 0) is 63.7 Å². The third-order valence-electron chi connectivity index (χ3n) is 7.28. The Morgan fingerprint density at radius 2 is 1.96 bits per heavy atom. The van der Waals surface area contributed by atoms with Crippen molar-refractivity contribution < 1.29 is 20.1 Å². The lowest BCUT2D eigenvalue weighted by atomic mass is 9.81. The van der Waals surface area contributed by atoms with E-state index in [9.17, 15) is 20.1 Å². The third kappa shape index (κ3) is 4.22. The topological polar surface area (TPSA) is 81.0 Å². The molecule has 5 heteroatoms. The number of aliphatic hydroxyl groups excluding tert-OH is 2. The SMILES string of the molecule is CC(C)=CCC(C)(C)[C@@H](O)/C=C/[C@H]1[C@H](O)CC2[C@@H]1CC1CCCC(C(=O)O)N12. The highest BCUT2D eigenvalue weighted by atomic mass is 16.4. The molecule has 5 nitrogen and oxygen atoms in total. The summed E-state index contributed by atoms with van der Waals surface area (Å²) in [4.78, 5) is 13.9. The van der Waals surface area contributed by atoms with Gasteiger partial charge in [0.2, 0.25) is 0 Å². The molecular formula is C23H37NO4. The number of hydrogen-bond acceptors (Lipinski definition) is 4. The molecule has 3 rings (SSSR count). The smallest absolute Gasteiger partial charge is 0.320 e. The van der Waals surface area contributed by atoms with Gasteiger partial charge < -0.3 is 15.3 Å². The highest BCUT2D eigenvalue weighted by Crippen LogP contribution is 2.49. The first kappa shape index (κ1) is 21.5. The van der Waals surface area contributed by atoms with Gasteiger partial charge in [-0.25, -0.2) is 0 Å². The molecule has 2 saturated heterocycles. The lowest BCUT2D eigenvalue weighted by Gasteiger charge is -2.38. The average Bonchev–Trinajstić information content (AvgIpc) is 3.12. The Morgan fingerprint density at radius 1 is 1.25 bits per heavy atom. The van der Waals surface area contributed by atoms with Crippen molar-refractivity contribution in [2.45, 2.75) is 96.6 Å². The number of aliphatic carboxylic acids is 1. The van der Waals surface area contributed by atoms with Crippen LogP contribution in [-0.2, 0) is 4.79 Å². The van der Waals surface area contributed by atoms with E-state index in [0.29, 0.717) is 18.9 Å². The van der Waals surface area contributed by atoms with Crippen molar-refractivity contribution in [2.24, 2.45) is 17.3 Å². The molecule has 2 heterocycles. The number of fused-ring (bicyclic) bond motifs is 3. The molecule has 3 fully saturated rings. The maximum Gasteiger partial charge on any atom is 0.320 e. The summed E-state index contributed by atoms with van der Waals surface area (Å²) in [6, 6.07) is 0.0661. The fourth-order valence-corrected chi connectivity index (χ4v) is 5.54. The molecule has 2 aliphatic heterocycles. The lowest BCUT2D eigenvalue weighted by Crippen LogP contribution is -2.51. The predicted octanol–water partition coefficient (Wildman–Crippen LogP) is 3.36. The van der Waals surface area contributed by atoms with E-state index in [2.05, 4.69) is 38.7 Å². The van der Waals surface area contributed by atoms with Gasteiger partial charge in [0.1, 0.15) is 6.04 Å². The van der Waals surface area contributed by atoms with Gasteiger partial charge in [0, 0.05) is 18.0 Å². The molecule has 158 valence electrons. The van der Waals surface area contributed by atoms with Gasteiger partial charge >= 0.3 is 5.97 Å². The van der Waals surface area contributed by atoms with Gasteiger partial charge in [0.25, 0.3) is 0 Å². The second kappa shape index (κ2) is 8.29. The van der Waals surface area contributed by atoms with Crippen molar-refractivity contribution >= 4 is 5.97 Å². The Bertz CT molecular complexity index is 637. The van der Waals surface area contributed by atoms with E-state index in [1.165, 1.54) is 5.57 Å². The second-order valence-corrected chi connectivity index (χ2v) is 10.0. The van der Waals surface area contributed by atoms with Crippen LogP contribution in [0.3, 0.4) is 0 Å². The number of nitrogens with zero attached hydrogens (tertiary/aromatic N) is 1. The summed E-state index contributed by atoms with van der Waals surface area (Å²) in [5.41, 5.74) is 0.979. The molecule has 0 amide bonds. The first-order chi connectivity index (χ1) is 13.1. The maximum absolute atomic E-state index is 11.7. The molecule has 1 aliphatic carbocycles. The summed E-state index contributed by atoms with van der Waals surface area (Å²) in [5, 5.41) is 31.0. The van der Waals surface area contributed by atoms with E-state index >= 15 is 0 Å². The lowest BCUT2D eigenvalue weighted by molar-refractivity contribution is -0.146. The Morgan fingerprint density at radius 3 is 2.61 bits per heavy atom. The molecule has 0 aromatic rings. The Balaban J connectivity index is 1.71. The summed E-state index contributed by atoms with van der Waals surface area (Å²) >= 11 is 0. The molecule has 3 aliphatic rings. The third-order valence-corrected chi connectivity index (χ3v) is 7.28. The number of carboxylic acids is 1. The van der Waals surface area contributed by atoms with Crippen LogP contribution in [0.1, 0.15) is 66.2 Å². The number of piperidine rings is 1. The van der Waals surface area contributed by atoms with Gasteiger partial charge in [0.05, 0.1) is 12.2 Å². The number of allylic oxidation sites excluding steroid dienone is 2. The maximum atomic E-state index is 11.7. The van der Waals surface area contributed by atoms with Crippen LogP contribution in [0.15, 0.2) is 23.8 Å². The molecule has 7 atom stereocenters. The zero-order valence-electron chi connectivity index (χ0n) is 17.7. The summed E-state index contributed by atoms with van der Waals surface area (Å²) < 4.78 is 0. The molecule has 0 bridgehead atoms. The van der Waals surface area contributed by atoms with E-state index in [4.69, 9.17) is 0 Å². The summed E-state index contributed by atoms with van der Waals surface area (Å²) in [6.45, 7) is 8.24. The first-order valence-electron chi connectivity index (χ1n) is 10.8. The quantitative estimate of drug-likeness (QED) is 0.605. The van der Waals surface area contributed by atoms with E-state index in [1.807, 2.05) is 12.2 Å². The van der Waals surface area contributed by atoms with Gasteiger partial charge in [-0.2, -0.15) is 0 Å². The van der Waals surface area contributed by atoms with Crippen molar-refractivity contribution in [3.63, 3.8) is 0 Å². The minimum atomic E-state index is -0.727. The summed E-state index contributed by atoms with van der Waals surface area (Å²) in [6.07, 6.45) is 10.1. The number of rotatable bonds is 6. The number of hydrogen-bond donors (Lipinski definition) is 3.